The van der Waals surface area contributed by atoms with Gasteiger partial charge in [-0.1, -0.05) is 23.5 Å². The summed E-state index contributed by atoms with van der Waals surface area (Å²) < 4.78 is 50.9. The number of imide groups is 1. The summed E-state index contributed by atoms with van der Waals surface area (Å²) in [6.07, 6.45) is -3.93. The van der Waals surface area contributed by atoms with Crippen LogP contribution < -0.4 is 19.7 Å². The number of nitrogens with zero attached hydrogens (tertiary/aromatic N) is 1. The van der Waals surface area contributed by atoms with Crippen LogP contribution in [0.1, 0.15) is 35.3 Å². The van der Waals surface area contributed by atoms with Gasteiger partial charge in [-0.05, 0) is 67.0 Å². The number of carboxylic acids is 1. The first-order chi connectivity index (χ1) is 22.8. The van der Waals surface area contributed by atoms with Crippen LogP contribution in [0.2, 0.25) is 0 Å². The van der Waals surface area contributed by atoms with Gasteiger partial charge >= 0.3 is 17.0 Å². The number of benzene rings is 2. The molecule has 48 heavy (non-hydrogen) atoms. The number of aromatic amines is 1. The number of carbonyl (C=O) groups is 4. The van der Waals surface area contributed by atoms with Crippen LogP contribution in [0, 0.1) is 29.6 Å². The minimum absolute atomic E-state index is 0.0357. The molecule has 3 heterocycles. The zero-order valence-corrected chi connectivity index (χ0v) is 26.7. The van der Waals surface area contributed by atoms with Crippen LogP contribution in [0.5, 0.6) is 11.5 Å². The van der Waals surface area contributed by atoms with E-state index in [-0.39, 0.29) is 51.8 Å². The van der Waals surface area contributed by atoms with Crippen molar-refractivity contribution in [1.82, 2.24) is 9.88 Å². The Morgan fingerprint density at radius 2 is 1.79 bits per heavy atom. The summed E-state index contributed by atoms with van der Waals surface area (Å²) in [5.74, 6) is -4.42. The number of aromatic nitrogens is 1. The molecular weight excluding hydrogens is 675 g/mol. The predicted octanol–water partition coefficient (Wildman–Crippen LogP) is 4.43. The molecule has 2 aliphatic carbocycles. The number of alkyl halides is 3. The van der Waals surface area contributed by atoms with E-state index in [4.69, 9.17) is 9.47 Å². The van der Waals surface area contributed by atoms with E-state index in [0.717, 1.165) is 38.8 Å². The van der Waals surface area contributed by atoms with E-state index < -0.39 is 60.4 Å². The highest BCUT2D eigenvalue weighted by Crippen LogP contribution is 2.68. The second-order valence-electron chi connectivity index (χ2n) is 12.2. The number of halogens is 3. The lowest BCUT2D eigenvalue weighted by Crippen LogP contribution is -2.42. The van der Waals surface area contributed by atoms with E-state index >= 15 is 0 Å². The number of rotatable bonds is 9. The van der Waals surface area contributed by atoms with E-state index in [2.05, 4.69) is 10.3 Å². The van der Waals surface area contributed by atoms with Crippen molar-refractivity contribution < 1.29 is 46.9 Å². The number of aliphatic carboxylic acids is 1. The molecule has 0 radical (unpaired) electrons. The number of fused-ring (bicyclic) bond motifs is 9. The smallest absolute Gasteiger partial charge is 0.416 e. The summed E-state index contributed by atoms with van der Waals surface area (Å²) in [5.41, 5.74) is -0.164. The Balaban J connectivity index is 1.16. The number of anilines is 1. The molecule has 11 nitrogen and oxygen atoms in total. The largest absolute Gasteiger partial charge is 0.490 e. The van der Waals surface area contributed by atoms with E-state index in [9.17, 15) is 42.3 Å². The van der Waals surface area contributed by atoms with Crippen LogP contribution in [0.4, 0.5) is 18.9 Å². The van der Waals surface area contributed by atoms with Crippen LogP contribution in [0.15, 0.2) is 52.3 Å². The number of ether oxygens (including phenoxy) is 2. The number of likely N-dealkylation sites (tertiary alicyclic amines) is 1. The molecule has 3 amide bonds. The molecule has 0 spiro atoms. The van der Waals surface area contributed by atoms with E-state index in [0.29, 0.717) is 17.2 Å². The van der Waals surface area contributed by atoms with Gasteiger partial charge in [0.15, 0.2) is 18.1 Å². The molecule has 7 rings (SSSR count). The van der Waals surface area contributed by atoms with Gasteiger partial charge in [-0.15, -0.1) is 11.8 Å². The summed E-state index contributed by atoms with van der Waals surface area (Å²) in [6, 6.07) is 9.43. The zero-order valence-electron chi connectivity index (χ0n) is 25.1. The lowest BCUT2D eigenvalue weighted by atomic mass is 9.68. The lowest BCUT2D eigenvalue weighted by Gasteiger charge is -2.43. The Morgan fingerprint density at radius 1 is 1.04 bits per heavy atom. The molecule has 2 saturated carbocycles. The Morgan fingerprint density at radius 3 is 2.50 bits per heavy atom. The molecule has 1 aromatic heterocycles. The summed E-state index contributed by atoms with van der Waals surface area (Å²) >= 11 is 2.58. The molecule has 3 aromatic rings. The molecule has 252 valence electrons. The van der Waals surface area contributed by atoms with Crippen LogP contribution >= 0.6 is 23.1 Å². The predicted molar refractivity (Wildman–Crippen MR) is 166 cm³/mol. The minimum atomic E-state index is -4.57. The summed E-state index contributed by atoms with van der Waals surface area (Å²) in [6.45, 7) is 0.825. The Hall–Kier alpha value is -4.31. The van der Waals surface area contributed by atoms with Gasteiger partial charge in [0.25, 0.3) is 5.91 Å². The monoisotopic (exact) mass is 703 g/mol. The molecular formula is C32H28F3N3O8S2. The second kappa shape index (κ2) is 12.0. The number of carboxylic acid groups (broad SMARTS) is 1. The van der Waals surface area contributed by atoms with Crippen molar-refractivity contribution >= 4 is 52.5 Å². The topological polar surface area (TPSA) is 155 Å². The third-order valence-electron chi connectivity index (χ3n) is 9.57. The highest BCUT2D eigenvalue weighted by atomic mass is 32.2. The number of amides is 3. The number of hydrogen-bond donors (Lipinski definition) is 3. The van der Waals surface area contributed by atoms with Crippen molar-refractivity contribution in [2.75, 3.05) is 25.1 Å². The third-order valence-corrected chi connectivity index (χ3v) is 12.2. The van der Waals surface area contributed by atoms with Crippen LogP contribution in [-0.4, -0.2) is 63.7 Å². The molecule has 6 unspecified atom stereocenters. The number of nitrogens with one attached hydrogen (secondary N) is 2. The van der Waals surface area contributed by atoms with Gasteiger partial charge in [0.05, 0.1) is 29.0 Å². The maximum Gasteiger partial charge on any atom is 0.416 e. The Kier molecular flexibility index (Phi) is 8.05. The first-order valence-corrected chi connectivity index (χ1v) is 16.9. The van der Waals surface area contributed by atoms with Crippen molar-refractivity contribution in [2.24, 2.45) is 29.6 Å². The quantitative estimate of drug-likeness (QED) is 0.275. The molecule has 3 N–H and O–H groups in total. The molecule has 2 aromatic carbocycles. The lowest BCUT2D eigenvalue weighted by molar-refractivity contribution is -0.149. The first kappa shape index (κ1) is 32.2. The van der Waals surface area contributed by atoms with Gasteiger partial charge < -0.3 is 24.9 Å². The van der Waals surface area contributed by atoms with E-state index in [1.165, 1.54) is 23.9 Å². The number of thiazole rings is 1. The zero-order chi connectivity index (χ0) is 34.1. The molecule has 1 saturated heterocycles. The second-order valence-corrected chi connectivity index (χ2v) is 14.4. The third kappa shape index (κ3) is 5.44. The van der Waals surface area contributed by atoms with Crippen molar-refractivity contribution in [3.05, 3.63) is 68.1 Å². The van der Waals surface area contributed by atoms with Gasteiger partial charge in [-0.3, -0.25) is 28.9 Å². The average molecular weight is 704 g/mol. The Bertz CT molecular complexity index is 1890. The fraction of sp³-hybridized carbons (Fsp3) is 0.406. The first-order valence-electron chi connectivity index (χ1n) is 15.2. The van der Waals surface area contributed by atoms with E-state index in [1.54, 1.807) is 25.1 Å². The van der Waals surface area contributed by atoms with Gasteiger partial charge in [-0.2, -0.15) is 13.2 Å². The molecule has 16 heteroatoms. The SMILES string of the molecule is CCOc1cc([C@H]2c3sc(=O)[nH]c3SC3C4CC(C5C(=O)N(CC(=O)O)C(=O)C45)C32)ccc1OCC(=O)Nc1cccc(C(F)(F)F)c1. The normalized spacial score (nSPS) is 27.0. The van der Waals surface area contributed by atoms with Crippen molar-refractivity contribution in [1.29, 1.82) is 0 Å². The number of carbonyl (C=O) groups excluding carboxylic acids is 3. The molecule has 4 aliphatic rings. The minimum Gasteiger partial charge on any atom is -0.490 e. The number of thioether (sulfide) groups is 1. The molecule has 2 aliphatic heterocycles. The summed E-state index contributed by atoms with van der Waals surface area (Å²) in [5, 5.41) is 12.3. The molecule has 2 bridgehead atoms. The standard InChI is InChI=1S/C32H28F3N3O8S2/c1-2-45-19-8-13(6-7-18(19)46-12-20(39)36-15-5-3-4-14(9-15)32(33,34)35)22-23-16-10-17(26(23)47-28-27(22)48-31(44)37-28)25-24(16)29(42)38(30(25)43)11-21(40)41/h3-9,16-17,22-26H,2,10-12H2,1H3,(H,36,39)(H,37,44)(H,40,41)/t16?,17?,22-,23?,24?,25?,26?/m1/s1. The summed E-state index contributed by atoms with van der Waals surface area (Å²) in [7, 11) is 0. The van der Waals surface area contributed by atoms with Gasteiger partial charge in [0.1, 0.15) is 6.54 Å². The summed E-state index contributed by atoms with van der Waals surface area (Å²) in [4.78, 5) is 67.7. The van der Waals surface area contributed by atoms with Crippen molar-refractivity contribution in [2.45, 2.75) is 35.7 Å². The molecule has 3 fully saturated rings. The van der Waals surface area contributed by atoms with Crippen molar-refractivity contribution in [3.8, 4) is 11.5 Å². The highest BCUT2D eigenvalue weighted by molar-refractivity contribution is 8.00. The Labute approximate surface area is 278 Å². The fourth-order valence-corrected chi connectivity index (χ4v) is 10.9. The van der Waals surface area contributed by atoms with Crippen molar-refractivity contribution in [3.63, 3.8) is 0 Å². The van der Waals surface area contributed by atoms with Crippen LogP contribution in [0.3, 0.4) is 0 Å². The maximum atomic E-state index is 13.4. The average Bonchev–Trinajstić information content (AvgIpc) is 3.76. The fourth-order valence-electron chi connectivity index (χ4n) is 7.96. The number of H-pyrrole nitrogens is 1. The van der Waals surface area contributed by atoms with Gasteiger partial charge in [0, 0.05) is 21.7 Å². The van der Waals surface area contributed by atoms with Crippen LogP contribution in [0.25, 0.3) is 0 Å². The number of hydrogen-bond acceptors (Lipinski definition) is 9. The van der Waals surface area contributed by atoms with E-state index in [1.807, 2.05) is 0 Å². The maximum absolute atomic E-state index is 13.4. The molecule has 7 atom stereocenters. The van der Waals surface area contributed by atoms with Crippen LogP contribution in [-0.2, 0) is 25.4 Å². The highest BCUT2D eigenvalue weighted by Gasteiger charge is 2.69. The van der Waals surface area contributed by atoms with Gasteiger partial charge in [0.2, 0.25) is 11.8 Å². The van der Waals surface area contributed by atoms with Gasteiger partial charge in [-0.25, -0.2) is 0 Å².